The molecule has 0 fully saturated rings. The van der Waals surface area contributed by atoms with Gasteiger partial charge in [-0.2, -0.15) is 0 Å². The average Bonchev–Trinajstić information content (AvgIpc) is 2.38. The lowest BCUT2D eigenvalue weighted by molar-refractivity contribution is -0.123. The largest absolute Gasteiger partial charge is 0.394 e. The van der Waals surface area contributed by atoms with Gasteiger partial charge in [0.15, 0.2) is 0 Å². The zero-order valence-corrected chi connectivity index (χ0v) is 12.3. The number of nitrogens with one attached hydrogen (secondary N) is 2. The van der Waals surface area contributed by atoms with Gasteiger partial charge < -0.3 is 15.7 Å². The molecule has 110 valence electrons. The van der Waals surface area contributed by atoms with Gasteiger partial charge in [0.2, 0.25) is 11.8 Å². The molecule has 0 bridgehead atoms. The molecule has 6 heteroatoms. The van der Waals surface area contributed by atoms with E-state index >= 15 is 0 Å². The monoisotopic (exact) mass is 298 g/mol. The van der Waals surface area contributed by atoms with Crippen LogP contribution >= 0.6 is 11.6 Å². The van der Waals surface area contributed by atoms with Gasteiger partial charge in [-0.05, 0) is 24.6 Å². The average molecular weight is 299 g/mol. The lowest BCUT2D eigenvalue weighted by Gasteiger charge is -2.19. The Morgan fingerprint density at radius 1 is 1.25 bits per heavy atom. The maximum atomic E-state index is 11.8. The van der Waals surface area contributed by atoms with Crippen molar-refractivity contribution in [3.05, 3.63) is 34.9 Å². The summed E-state index contributed by atoms with van der Waals surface area (Å²) in [6, 6.07) is 6.22. The first-order valence-corrected chi connectivity index (χ1v) is 6.73. The molecule has 1 aromatic carbocycles. The lowest BCUT2D eigenvalue weighted by Crippen LogP contribution is -2.38. The topological polar surface area (TPSA) is 78.4 Å². The van der Waals surface area contributed by atoms with Crippen molar-refractivity contribution < 1.29 is 14.7 Å². The summed E-state index contributed by atoms with van der Waals surface area (Å²) < 4.78 is 0. The zero-order chi connectivity index (χ0) is 15.1. The Kier molecular flexibility index (Phi) is 6.48. The van der Waals surface area contributed by atoms with Crippen LogP contribution in [0.5, 0.6) is 0 Å². The van der Waals surface area contributed by atoms with Crippen LogP contribution in [-0.4, -0.2) is 29.6 Å². The molecule has 20 heavy (non-hydrogen) atoms. The van der Waals surface area contributed by atoms with Crippen LogP contribution in [0, 0.1) is 0 Å². The number of carbonyl (C=O) groups excluding carboxylic acids is 2. The summed E-state index contributed by atoms with van der Waals surface area (Å²) in [5.74, 6) is -0.451. The van der Waals surface area contributed by atoms with Crippen LogP contribution in [0.25, 0.3) is 0 Å². The van der Waals surface area contributed by atoms with Gasteiger partial charge in [-0.15, -0.1) is 0 Å². The Morgan fingerprint density at radius 3 is 2.35 bits per heavy atom. The highest BCUT2D eigenvalue weighted by Gasteiger charge is 2.18. The fraction of sp³-hybridized carbons (Fsp3) is 0.429. The molecule has 0 heterocycles. The Morgan fingerprint density at radius 2 is 1.85 bits per heavy atom. The Labute approximate surface area is 123 Å². The quantitative estimate of drug-likeness (QED) is 0.743. The van der Waals surface area contributed by atoms with E-state index in [9.17, 15) is 9.59 Å². The third-order valence-electron chi connectivity index (χ3n) is 2.72. The number of aliphatic hydroxyl groups is 1. The number of hydrogen-bond donors (Lipinski definition) is 3. The summed E-state index contributed by atoms with van der Waals surface area (Å²) in [6.07, 6.45) is 0.103. The zero-order valence-electron chi connectivity index (χ0n) is 11.5. The highest BCUT2D eigenvalue weighted by molar-refractivity contribution is 6.30. The van der Waals surface area contributed by atoms with Crippen molar-refractivity contribution in [2.24, 2.45) is 0 Å². The van der Waals surface area contributed by atoms with E-state index < -0.39 is 6.04 Å². The minimum absolute atomic E-state index is 0.103. The fourth-order valence-electron chi connectivity index (χ4n) is 1.76. The van der Waals surface area contributed by atoms with Crippen LogP contribution < -0.4 is 10.6 Å². The van der Waals surface area contributed by atoms with Gasteiger partial charge >= 0.3 is 0 Å². The van der Waals surface area contributed by atoms with Crippen LogP contribution in [0.1, 0.15) is 31.9 Å². The molecule has 5 nitrogen and oxygen atoms in total. The van der Waals surface area contributed by atoms with Crippen LogP contribution in [0.15, 0.2) is 24.3 Å². The summed E-state index contributed by atoms with van der Waals surface area (Å²) in [7, 11) is 0. The third kappa shape index (κ3) is 5.59. The number of aliphatic hydroxyl groups excluding tert-OH is 1. The highest BCUT2D eigenvalue weighted by atomic mass is 35.5. The molecule has 1 rings (SSSR count). The molecule has 2 amide bonds. The maximum Gasteiger partial charge on any atom is 0.222 e. The number of halogens is 1. The SMILES string of the molecule is CC(=O)NC(CC(=O)NC(C)CO)c1ccc(Cl)cc1. The number of hydrogen-bond acceptors (Lipinski definition) is 3. The fourth-order valence-corrected chi connectivity index (χ4v) is 1.88. The minimum atomic E-state index is -0.421. The van der Waals surface area contributed by atoms with E-state index in [1.54, 1.807) is 31.2 Å². The normalized spacial score (nSPS) is 13.4. The molecular formula is C14H19ClN2O3. The molecule has 0 aromatic heterocycles. The summed E-state index contributed by atoms with van der Waals surface area (Å²) >= 11 is 5.82. The molecule has 2 atom stereocenters. The van der Waals surface area contributed by atoms with Gasteiger partial charge in [-0.1, -0.05) is 23.7 Å². The van der Waals surface area contributed by atoms with Gasteiger partial charge in [-0.3, -0.25) is 9.59 Å². The van der Waals surface area contributed by atoms with Crippen LogP contribution in [-0.2, 0) is 9.59 Å². The van der Waals surface area contributed by atoms with E-state index in [-0.39, 0.29) is 30.9 Å². The number of benzene rings is 1. The minimum Gasteiger partial charge on any atom is -0.394 e. The first-order chi connectivity index (χ1) is 9.42. The van der Waals surface area contributed by atoms with E-state index in [0.29, 0.717) is 5.02 Å². The molecular weight excluding hydrogens is 280 g/mol. The van der Waals surface area contributed by atoms with Crippen molar-refractivity contribution in [3.63, 3.8) is 0 Å². The van der Waals surface area contributed by atoms with E-state index in [0.717, 1.165) is 5.56 Å². The second kappa shape index (κ2) is 7.87. The summed E-state index contributed by atoms with van der Waals surface area (Å²) in [5.41, 5.74) is 0.802. The van der Waals surface area contributed by atoms with Crippen molar-refractivity contribution in [2.45, 2.75) is 32.4 Å². The number of carbonyl (C=O) groups is 2. The van der Waals surface area contributed by atoms with E-state index in [4.69, 9.17) is 16.7 Å². The summed E-state index contributed by atoms with van der Waals surface area (Å²) in [6.45, 7) is 2.97. The summed E-state index contributed by atoms with van der Waals surface area (Å²) in [5, 5.41) is 14.9. The van der Waals surface area contributed by atoms with Crippen molar-refractivity contribution in [3.8, 4) is 0 Å². The van der Waals surface area contributed by atoms with Crippen LogP contribution in [0.3, 0.4) is 0 Å². The Hall–Kier alpha value is -1.59. The Bertz CT molecular complexity index is 462. The molecule has 0 radical (unpaired) electrons. The molecule has 0 spiro atoms. The predicted octanol–water partition coefficient (Wildman–Crippen LogP) is 1.40. The van der Waals surface area contributed by atoms with Gasteiger partial charge in [0.25, 0.3) is 0 Å². The first kappa shape index (κ1) is 16.5. The second-order valence-electron chi connectivity index (χ2n) is 4.66. The molecule has 0 aliphatic carbocycles. The molecule has 0 saturated carbocycles. The molecule has 0 aliphatic rings. The summed E-state index contributed by atoms with van der Waals surface area (Å²) in [4.78, 5) is 23.1. The van der Waals surface area contributed by atoms with Crippen molar-refractivity contribution in [1.82, 2.24) is 10.6 Å². The van der Waals surface area contributed by atoms with Gasteiger partial charge in [-0.25, -0.2) is 0 Å². The van der Waals surface area contributed by atoms with E-state index in [1.165, 1.54) is 6.92 Å². The van der Waals surface area contributed by atoms with E-state index in [1.807, 2.05) is 0 Å². The van der Waals surface area contributed by atoms with Crippen LogP contribution in [0.4, 0.5) is 0 Å². The molecule has 0 saturated heterocycles. The van der Waals surface area contributed by atoms with E-state index in [2.05, 4.69) is 10.6 Å². The molecule has 0 aliphatic heterocycles. The van der Waals surface area contributed by atoms with Crippen molar-refractivity contribution >= 4 is 23.4 Å². The van der Waals surface area contributed by atoms with Gasteiger partial charge in [0, 0.05) is 18.0 Å². The maximum absolute atomic E-state index is 11.8. The van der Waals surface area contributed by atoms with Crippen molar-refractivity contribution in [2.75, 3.05) is 6.61 Å². The standard InChI is InChI=1S/C14H19ClN2O3/c1-9(8-18)16-14(20)7-13(17-10(2)19)11-3-5-12(15)6-4-11/h3-6,9,13,18H,7-8H2,1-2H3,(H,16,20)(H,17,19). The smallest absolute Gasteiger partial charge is 0.222 e. The van der Waals surface area contributed by atoms with Crippen LogP contribution in [0.2, 0.25) is 5.02 Å². The third-order valence-corrected chi connectivity index (χ3v) is 2.97. The first-order valence-electron chi connectivity index (χ1n) is 6.35. The number of rotatable bonds is 6. The van der Waals surface area contributed by atoms with Gasteiger partial charge in [0.1, 0.15) is 0 Å². The second-order valence-corrected chi connectivity index (χ2v) is 5.10. The van der Waals surface area contributed by atoms with Gasteiger partial charge in [0.05, 0.1) is 19.1 Å². The molecule has 2 unspecified atom stereocenters. The molecule has 3 N–H and O–H groups in total. The predicted molar refractivity (Wildman–Crippen MR) is 77.3 cm³/mol. The Balaban J connectivity index is 2.76. The van der Waals surface area contributed by atoms with Crippen molar-refractivity contribution in [1.29, 1.82) is 0 Å². The molecule has 1 aromatic rings. The number of amides is 2. The highest BCUT2D eigenvalue weighted by Crippen LogP contribution is 2.19. The lowest BCUT2D eigenvalue weighted by atomic mass is 10.0.